The first kappa shape index (κ1) is 17.4. The zero-order valence-electron chi connectivity index (χ0n) is 12.9. The van der Waals surface area contributed by atoms with Crippen molar-refractivity contribution in [2.45, 2.75) is 6.92 Å². The van der Waals surface area contributed by atoms with Crippen LogP contribution in [0.4, 0.5) is 9.80 Å². The minimum atomic E-state index is -0.824. The first-order chi connectivity index (χ1) is 11.6. The van der Waals surface area contributed by atoms with Gasteiger partial charge in [-0.1, -0.05) is 30.3 Å². The SMILES string of the molecule is CCOC(=O)NC(=O)c1ccsc1NC(=O)/C=C/c1ccccc1. The lowest BCUT2D eigenvalue weighted by molar-refractivity contribution is -0.111. The van der Waals surface area contributed by atoms with E-state index in [4.69, 9.17) is 0 Å². The van der Waals surface area contributed by atoms with Crippen molar-refractivity contribution < 1.29 is 19.1 Å². The van der Waals surface area contributed by atoms with Crippen molar-refractivity contribution in [3.63, 3.8) is 0 Å². The highest BCUT2D eigenvalue weighted by molar-refractivity contribution is 7.14. The Morgan fingerprint density at radius 1 is 1.17 bits per heavy atom. The summed E-state index contributed by atoms with van der Waals surface area (Å²) in [6, 6.07) is 10.9. The largest absolute Gasteiger partial charge is 0.450 e. The standard InChI is InChI=1S/C17H16N2O4S/c1-2-23-17(22)19-15(21)13-10-11-24-16(13)18-14(20)9-8-12-6-4-3-5-7-12/h3-11H,2H2,1H3,(H,18,20)(H,19,21,22)/b9-8+. The molecule has 0 saturated heterocycles. The Hall–Kier alpha value is -2.93. The number of carbonyl (C=O) groups excluding carboxylic acids is 3. The van der Waals surface area contributed by atoms with Crippen molar-refractivity contribution in [3.05, 3.63) is 59.0 Å². The van der Waals surface area contributed by atoms with Gasteiger partial charge in [0, 0.05) is 6.08 Å². The summed E-state index contributed by atoms with van der Waals surface area (Å²) in [5.41, 5.74) is 1.09. The van der Waals surface area contributed by atoms with E-state index < -0.39 is 12.0 Å². The average molecular weight is 344 g/mol. The predicted octanol–water partition coefficient (Wildman–Crippen LogP) is 3.29. The number of benzene rings is 1. The summed E-state index contributed by atoms with van der Waals surface area (Å²) in [5.74, 6) is -0.997. The molecule has 1 aromatic heterocycles. The van der Waals surface area contributed by atoms with Crippen LogP contribution in [0.3, 0.4) is 0 Å². The molecule has 7 heteroatoms. The number of imide groups is 1. The lowest BCUT2D eigenvalue weighted by atomic mass is 10.2. The van der Waals surface area contributed by atoms with Gasteiger partial charge in [-0.15, -0.1) is 11.3 Å². The number of rotatable bonds is 5. The summed E-state index contributed by atoms with van der Waals surface area (Å²) in [5, 5.41) is 6.73. The summed E-state index contributed by atoms with van der Waals surface area (Å²) in [6.07, 6.45) is 2.22. The molecule has 6 nitrogen and oxygen atoms in total. The molecular weight excluding hydrogens is 328 g/mol. The number of alkyl carbamates (subject to hydrolysis) is 1. The number of ether oxygens (including phenoxy) is 1. The molecule has 24 heavy (non-hydrogen) atoms. The van der Waals surface area contributed by atoms with Gasteiger partial charge in [0.25, 0.3) is 5.91 Å². The van der Waals surface area contributed by atoms with Gasteiger partial charge in [0.05, 0.1) is 12.2 Å². The Morgan fingerprint density at radius 2 is 1.92 bits per heavy atom. The number of hydrogen-bond donors (Lipinski definition) is 2. The zero-order chi connectivity index (χ0) is 17.4. The smallest absolute Gasteiger partial charge is 0.414 e. The minimum Gasteiger partial charge on any atom is -0.450 e. The number of carbonyl (C=O) groups is 3. The summed E-state index contributed by atoms with van der Waals surface area (Å²) in [4.78, 5) is 35.3. The molecule has 0 bridgehead atoms. The fourth-order valence-corrected chi connectivity index (χ4v) is 2.59. The topological polar surface area (TPSA) is 84.5 Å². The molecule has 1 heterocycles. The molecule has 0 atom stereocenters. The summed E-state index contributed by atoms with van der Waals surface area (Å²) in [6.45, 7) is 1.80. The molecule has 2 rings (SSSR count). The maximum atomic E-state index is 12.0. The number of thiophene rings is 1. The molecule has 0 aliphatic heterocycles. The van der Waals surface area contributed by atoms with Crippen LogP contribution >= 0.6 is 11.3 Å². The molecule has 0 aliphatic rings. The molecule has 1 aromatic carbocycles. The lowest BCUT2D eigenvalue weighted by Crippen LogP contribution is -2.31. The molecule has 0 saturated carbocycles. The monoisotopic (exact) mass is 344 g/mol. The van der Waals surface area contributed by atoms with E-state index >= 15 is 0 Å². The van der Waals surface area contributed by atoms with E-state index in [1.54, 1.807) is 18.4 Å². The molecule has 0 fully saturated rings. The van der Waals surface area contributed by atoms with Crippen molar-refractivity contribution in [3.8, 4) is 0 Å². The molecule has 2 aromatic rings. The average Bonchev–Trinajstić information content (AvgIpc) is 3.02. The third kappa shape index (κ3) is 5.06. The fourth-order valence-electron chi connectivity index (χ4n) is 1.80. The first-order valence-corrected chi connectivity index (χ1v) is 8.08. The number of hydrogen-bond acceptors (Lipinski definition) is 5. The highest BCUT2D eigenvalue weighted by Gasteiger charge is 2.17. The van der Waals surface area contributed by atoms with Crippen LogP contribution in [0, 0.1) is 0 Å². The Morgan fingerprint density at radius 3 is 2.62 bits per heavy atom. The highest BCUT2D eigenvalue weighted by Crippen LogP contribution is 2.23. The second-order valence-electron chi connectivity index (χ2n) is 4.57. The van der Waals surface area contributed by atoms with Crippen LogP contribution in [0.5, 0.6) is 0 Å². The van der Waals surface area contributed by atoms with Crippen LogP contribution in [0.1, 0.15) is 22.8 Å². The van der Waals surface area contributed by atoms with Gasteiger partial charge >= 0.3 is 6.09 Å². The molecule has 0 spiro atoms. The maximum absolute atomic E-state index is 12.0. The lowest BCUT2D eigenvalue weighted by Gasteiger charge is -2.05. The van der Waals surface area contributed by atoms with E-state index in [2.05, 4.69) is 15.4 Å². The minimum absolute atomic E-state index is 0.163. The van der Waals surface area contributed by atoms with Crippen molar-refractivity contribution in [1.29, 1.82) is 0 Å². The zero-order valence-corrected chi connectivity index (χ0v) is 13.8. The van der Waals surface area contributed by atoms with Crippen molar-refractivity contribution >= 4 is 40.3 Å². The molecule has 124 valence electrons. The van der Waals surface area contributed by atoms with Crippen LogP contribution < -0.4 is 10.6 Å². The van der Waals surface area contributed by atoms with Gasteiger partial charge in [-0.3, -0.25) is 14.9 Å². The van der Waals surface area contributed by atoms with E-state index in [-0.39, 0.29) is 18.1 Å². The van der Waals surface area contributed by atoms with E-state index in [1.165, 1.54) is 23.5 Å². The normalized spacial score (nSPS) is 10.4. The number of anilines is 1. The number of nitrogens with one attached hydrogen (secondary N) is 2. The van der Waals surface area contributed by atoms with Crippen LogP contribution in [0.25, 0.3) is 6.08 Å². The van der Waals surface area contributed by atoms with Crippen LogP contribution in [0.15, 0.2) is 47.9 Å². The Labute approximate surface area is 143 Å². The molecule has 0 unspecified atom stereocenters. The van der Waals surface area contributed by atoms with Crippen LogP contribution in [0.2, 0.25) is 0 Å². The van der Waals surface area contributed by atoms with E-state index in [0.29, 0.717) is 5.00 Å². The van der Waals surface area contributed by atoms with E-state index in [0.717, 1.165) is 5.56 Å². The van der Waals surface area contributed by atoms with Crippen molar-refractivity contribution in [2.24, 2.45) is 0 Å². The first-order valence-electron chi connectivity index (χ1n) is 7.20. The summed E-state index contributed by atoms with van der Waals surface area (Å²) >= 11 is 1.19. The second-order valence-corrected chi connectivity index (χ2v) is 5.49. The van der Waals surface area contributed by atoms with Crippen molar-refractivity contribution in [1.82, 2.24) is 5.32 Å². The second kappa shape index (κ2) is 8.64. The molecular formula is C17H16N2O4S. The van der Waals surface area contributed by atoms with Gasteiger partial charge in [0.1, 0.15) is 5.00 Å². The molecule has 2 N–H and O–H groups in total. The summed E-state index contributed by atoms with van der Waals surface area (Å²) in [7, 11) is 0. The fraction of sp³-hybridized carbons (Fsp3) is 0.118. The third-order valence-electron chi connectivity index (χ3n) is 2.86. The predicted molar refractivity (Wildman–Crippen MR) is 92.9 cm³/mol. The van der Waals surface area contributed by atoms with Gasteiger partial charge in [0.15, 0.2) is 0 Å². The van der Waals surface area contributed by atoms with Gasteiger partial charge < -0.3 is 10.1 Å². The molecule has 0 aliphatic carbocycles. The van der Waals surface area contributed by atoms with Gasteiger partial charge in [-0.25, -0.2) is 4.79 Å². The maximum Gasteiger partial charge on any atom is 0.414 e. The number of amides is 3. The Bertz CT molecular complexity index is 753. The molecule has 0 radical (unpaired) electrons. The Kier molecular flexibility index (Phi) is 6.27. The third-order valence-corrected chi connectivity index (χ3v) is 3.69. The van der Waals surface area contributed by atoms with Gasteiger partial charge in [-0.05, 0) is 30.0 Å². The van der Waals surface area contributed by atoms with E-state index in [9.17, 15) is 14.4 Å². The summed E-state index contributed by atoms with van der Waals surface area (Å²) < 4.78 is 4.65. The van der Waals surface area contributed by atoms with Crippen LogP contribution in [-0.4, -0.2) is 24.5 Å². The van der Waals surface area contributed by atoms with Gasteiger partial charge in [0.2, 0.25) is 5.91 Å². The van der Waals surface area contributed by atoms with Gasteiger partial charge in [-0.2, -0.15) is 0 Å². The van der Waals surface area contributed by atoms with E-state index in [1.807, 2.05) is 30.3 Å². The Balaban J connectivity index is 1.99. The van der Waals surface area contributed by atoms with Crippen molar-refractivity contribution in [2.75, 3.05) is 11.9 Å². The molecule has 3 amide bonds. The van der Waals surface area contributed by atoms with Crippen LogP contribution in [-0.2, 0) is 9.53 Å². The quantitative estimate of drug-likeness (QED) is 0.815. The highest BCUT2D eigenvalue weighted by atomic mass is 32.1.